The summed E-state index contributed by atoms with van der Waals surface area (Å²) in [4.78, 5) is 39.6. The van der Waals surface area contributed by atoms with Gasteiger partial charge in [0.15, 0.2) is 52.5 Å². The van der Waals surface area contributed by atoms with E-state index in [2.05, 4.69) is 0 Å². The van der Waals surface area contributed by atoms with E-state index in [9.17, 15) is 14.4 Å². The molecule has 0 heterocycles. The van der Waals surface area contributed by atoms with Crippen LogP contribution in [0, 0.1) is 0 Å². The van der Waals surface area contributed by atoms with Crippen molar-refractivity contribution in [3.05, 3.63) is 69.8 Å². The molecule has 0 bridgehead atoms. The largest absolute Gasteiger partial charge is 0.493 e. The minimum atomic E-state index is -1.17. The molecule has 1 N–H and O–H groups in total. The molecule has 0 fully saturated rings. The zero-order valence-corrected chi connectivity index (χ0v) is 26.1. The van der Waals surface area contributed by atoms with Gasteiger partial charge in [0.1, 0.15) is 0 Å². The summed E-state index contributed by atoms with van der Waals surface area (Å²) in [6, 6.07) is 9.42. The third-order valence-electron chi connectivity index (χ3n) is 6.89. The first-order valence-corrected chi connectivity index (χ1v) is 13.2. The topological polar surface area (TPSA) is 145 Å². The number of carbonyl (C=O) groups is 3. The lowest BCUT2D eigenvalue weighted by Gasteiger charge is -2.27. The van der Waals surface area contributed by atoms with Crippen LogP contribution in [0.15, 0.2) is 36.4 Å². The number of esters is 2. The maximum absolute atomic E-state index is 14.5. The average Bonchev–Trinajstić information content (AvgIpc) is 3.06. The number of hydrogen-bond donors (Lipinski definition) is 1. The van der Waals surface area contributed by atoms with Gasteiger partial charge in [0.2, 0.25) is 0 Å². The second-order valence-electron chi connectivity index (χ2n) is 9.23. The van der Waals surface area contributed by atoms with Gasteiger partial charge in [0.25, 0.3) is 0 Å². The van der Waals surface area contributed by atoms with Gasteiger partial charge >= 0.3 is 11.9 Å². The molecule has 0 aromatic heterocycles. The van der Waals surface area contributed by atoms with Gasteiger partial charge in [-0.1, -0.05) is 0 Å². The Balaban J connectivity index is 0.00000259. The van der Waals surface area contributed by atoms with E-state index in [4.69, 9.17) is 43.0 Å². The van der Waals surface area contributed by atoms with Gasteiger partial charge in [-0.3, -0.25) is 14.4 Å². The van der Waals surface area contributed by atoms with E-state index >= 15 is 0 Å². The van der Waals surface area contributed by atoms with Crippen LogP contribution in [-0.4, -0.2) is 72.6 Å². The minimum Gasteiger partial charge on any atom is -0.493 e. The summed E-state index contributed by atoms with van der Waals surface area (Å²) >= 11 is 0. The van der Waals surface area contributed by atoms with Gasteiger partial charge in [0, 0.05) is 54.3 Å². The third kappa shape index (κ3) is 6.35. The Kier molecular flexibility index (Phi) is 11.0. The van der Waals surface area contributed by atoms with Crippen molar-refractivity contribution in [3.63, 3.8) is 0 Å². The summed E-state index contributed by atoms with van der Waals surface area (Å²) in [6.45, 7) is 2.51. The number of carbonyl (C=O) groups excluding carboxylic acids is 3. The Morgan fingerprint density at radius 3 is 1.00 bits per heavy atom. The van der Waals surface area contributed by atoms with Crippen molar-refractivity contribution in [1.29, 1.82) is 0 Å². The molecule has 3 aromatic carbocycles. The number of fused-ring (bicyclic) bond motifs is 3. The number of methoxy groups -OCH3 is 6. The van der Waals surface area contributed by atoms with E-state index in [1.807, 2.05) is 0 Å². The number of aliphatic hydroxyl groups excluding tert-OH is 1. The summed E-state index contributed by atoms with van der Waals surface area (Å²) in [6.07, 6.45) is -2.35. The van der Waals surface area contributed by atoms with Crippen molar-refractivity contribution in [2.75, 3.05) is 49.8 Å². The van der Waals surface area contributed by atoms with Crippen LogP contribution in [0.1, 0.15) is 64.2 Å². The third-order valence-corrected chi connectivity index (χ3v) is 6.89. The highest BCUT2D eigenvalue weighted by Gasteiger charge is 2.38. The van der Waals surface area contributed by atoms with Crippen molar-refractivity contribution in [1.82, 2.24) is 0 Å². The smallest absolute Gasteiger partial charge is 0.303 e. The molecule has 2 atom stereocenters. The van der Waals surface area contributed by atoms with Crippen LogP contribution in [0.3, 0.4) is 0 Å². The lowest BCUT2D eigenvalue weighted by atomic mass is 9.90. The zero-order chi connectivity index (χ0) is 32.7. The van der Waals surface area contributed by atoms with E-state index in [0.29, 0.717) is 45.3 Å². The van der Waals surface area contributed by atoms with Crippen molar-refractivity contribution in [2.45, 2.75) is 26.1 Å². The van der Waals surface area contributed by atoms with Crippen LogP contribution >= 0.6 is 0 Å². The molecule has 0 aliphatic heterocycles. The highest BCUT2D eigenvalue weighted by molar-refractivity contribution is 6.12. The molecule has 1 aliphatic carbocycles. The molecule has 0 radical (unpaired) electrons. The molecule has 236 valence electrons. The van der Waals surface area contributed by atoms with Crippen LogP contribution in [-0.2, 0) is 19.1 Å². The SMILES string of the molecule is CO.COc1cc2c(cc1OC)[C@H](OC(C)=O)c1cc(OC)c(OC)cc1[C@@H](OC(C)=O)c1cc(OC)c(OC)cc1C2=O. The fraction of sp³-hybridized carbons (Fsp3) is 0.344. The van der Waals surface area contributed by atoms with Crippen molar-refractivity contribution in [3.8, 4) is 34.5 Å². The number of ketones is 1. The summed E-state index contributed by atoms with van der Waals surface area (Å²) in [7, 11) is 9.71. The van der Waals surface area contributed by atoms with E-state index in [1.165, 1.54) is 68.6 Å². The van der Waals surface area contributed by atoms with E-state index in [1.54, 1.807) is 24.3 Å². The molecule has 0 spiro atoms. The summed E-state index contributed by atoms with van der Waals surface area (Å²) in [5.41, 5.74) is 1.64. The summed E-state index contributed by atoms with van der Waals surface area (Å²) in [5, 5.41) is 7.00. The second kappa shape index (κ2) is 14.5. The number of benzene rings is 3. The van der Waals surface area contributed by atoms with Crippen molar-refractivity contribution in [2.24, 2.45) is 0 Å². The molecule has 44 heavy (non-hydrogen) atoms. The average molecular weight is 613 g/mol. The number of rotatable bonds is 8. The van der Waals surface area contributed by atoms with Gasteiger partial charge in [-0.2, -0.15) is 0 Å². The predicted molar refractivity (Wildman–Crippen MR) is 157 cm³/mol. The standard InChI is InChI=1S/C31H32O11.CH4O/c1-15(32)41-30-19-11-25(37-5)23(35-3)9-17(19)29(34)18-10-24(36-4)26(38-6)12-20(18)31(42-16(2)33)22-14-28(40-8)27(39-7)13-21(22)30;1-2/h9-14,30-31H,1-8H3;2H,1H3/t30-,31-;/m0./s1. The quantitative estimate of drug-likeness (QED) is 0.364. The van der Waals surface area contributed by atoms with Crippen LogP contribution < -0.4 is 28.4 Å². The molecule has 4 rings (SSSR count). The molecular formula is C32H36O12. The Labute approximate surface area is 255 Å². The van der Waals surface area contributed by atoms with Crippen molar-refractivity contribution >= 4 is 17.7 Å². The molecule has 3 aromatic rings. The highest BCUT2D eigenvalue weighted by atomic mass is 16.6. The number of aliphatic hydroxyl groups is 1. The first-order chi connectivity index (χ1) is 21.1. The van der Waals surface area contributed by atoms with Gasteiger partial charge in [0.05, 0.1) is 42.7 Å². The fourth-order valence-corrected chi connectivity index (χ4v) is 5.05. The Bertz CT molecular complexity index is 1430. The number of ether oxygens (including phenoxy) is 8. The van der Waals surface area contributed by atoms with Crippen LogP contribution in [0.2, 0.25) is 0 Å². The van der Waals surface area contributed by atoms with Crippen LogP contribution in [0.5, 0.6) is 34.5 Å². The summed E-state index contributed by atoms with van der Waals surface area (Å²) < 4.78 is 45.1. The van der Waals surface area contributed by atoms with E-state index < -0.39 is 29.9 Å². The molecule has 12 nitrogen and oxygen atoms in total. The number of hydrogen-bond acceptors (Lipinski definition) is 12. The Hall–Kier alpha value is -4.97. The zero-order valence-electron chi connectivity index (χ0n) is 26.1. The maximum Gasteiger partial charge on any atom is 0.303 e. The van der Waals surface area contributed by atoms with E-state index in [0.717, 1.165) is 7.11 Å². The second-order valence-corrected chi connectivity index (χ2v) is 9.23. The summed E-state index contributed by atoms with van der Waals surface area (Å²) in [5.74, 6) is 0.0374. The van der Waals surface area contributed by atoms with Crippen molar-refractivity contribution < 1.29 is 57.4 Å². The normalized spacial score (nSPS) is 14.8. The van der Waals surface area contributed by atoms with Gasteiger partial charge in [-0.15, -0.1) is 0 Å². The molecule has 0 amide bonds. The highest BCUT2D eigenvalue weighted by Crippen LogP contribution is 2.48. The monoisotopic (exact) mass is 612 g/mol. The first-order valence-electron chi connectivity index (χ1n) is 13.2. The van der Waals surface area contributed by atoms with Crippen LogP contribution in [0.4, 0.5) is 0 Å². The lowest BCUT2D eigenvalue weighted by molar-refractivity contribution is -0.146. The molecule has 0 unspecified atom stereocenters. The molecular weight excluding hydrogens is 576 g/mol. The molecule has 1 aliphatic rings. The van der Waals surface area contributed by atoms with E-state index in [-0.39, 0.29) is 22.6 Å². The molecule has 12 heteroatoms. The predicted octanol–water partition coefficient (Wildman–Crippen LogP) is 4.20. The fourth-order valence-electron chi connectivity index (χ4n) is 5.05. The Morgan fingerprint density at radius 2 is 0.750 bits per heavy atom. The minimum absolute atomic E-state index is 0.150. The van der Waals surface area contributed by atoms with Crippen LogP contribution in [0.25, 0.3) is 0 Å². The maximum atomic E-state index is 14.5. The Morgan fingerprint density at radius 1 is 0.500 bits per heavy atom. The van der Waals surface area contributed by atoms with Gasteiger partial charge in [-0.25, -0.2) is 0 Å². The first kappa shape index (κ1) is 33.5. The lowest BCUT2D eigenvalue weighted by Crippen LogP contribution is -2.18. The van der Waals surface area contributed by atoms with Gasteiger partial charge in [-0.05, 0) is 36.4 Å². The molecule has 0 saturated heterocycles. The molecule has 0 saturated carbocycles. The van der Waals surface area contributed by atoms with Gasteiger partial charge < -0.3 is 43.0 Å².